The lowest BCUT2D eigenvalue weighted by Crippen LogP contribution is -2.12. The Morgan fingerprint density at radius 3 is 2.43 bits per heavy atom. The summed E-state index contributed by atoms with van der Waals surface area (Å²) in [4.78, 5) is 12.7. The summed E-state index contributed by atoms with van der Waals surface area (Å²) in [5, 5.41) is 23.1. The number of azo groups is 1. The number of aromatic hydroxyl groups is 1. The molecule has 0 heterocycles. The zero-order chi connectivity index (χ0) is 26.9. The second-order valence-electron chi connectivity index (χ2n) is 7.82. The van der Waals surface area contributed by atoms with Crippen LogP contribution in [0.2, 0.25) is 10.0 Å². The molecule has 0 aliphatic carbocycles. The molecule has 3 N–H and O–H groups in total. The summed E-state index contributed by atoms with van der Waals surface area (Å²) in [7, 11) is -3.08. The number of nitrogens with one attached hydrogen (secondary N) is 1. The van der Waals surface area contributed by atoms with Gasteiger partial charge in [0.25, 0.3) is 16.0 Å². The molecular weight excluding hydrogens is 541 g/mol. The molecule has 0 atom stereocenters. The highest BCUT2D eigenvalue weighted by Gasteiger charge is 2.21. The molecule has 0 aromatic heterocycles. The van der Waals surface area contributed by atoms with Crippen LogP contribution in [0.3, 0.4) is 0 Å². The molecule has 0 spiro atoms. The van der Waals surface area contributed by atoms with E-state index >= 15 is 0 Å². The van der Waals surface area contributed by atoms with Gasteiger partial charge in [-0.3, -0.25) is 9.35 Å². The molecule has 0 saturated carbocycles. The minimum Gasteiger partial charge on any atom is -0.505 e. The van der Waals surface area contributed by atoms with E-state index < -0.39 is 26.7 Å². The number of hydrogen-bond donors (Lipinski definition) is 3. The van der Waals surface area contributed by atoms with Crippen molar-refractivity contribution in [3.63, 3.8) is 0 Å². The van der Waals surface area contributed by atoms with Crippen LogP contribution in [-0.2, 0) is 10.1 Å². The maximum Gasteiger partial charge on any atom is 0.296 e. The second kappa shape index (κ2) is 10.3. The number of carbonyl (C=O) groups excluding carboxylic acids is 1. The quantitative estimate of drug-likeness (QED) is 0.170. The first-order chi connectivity index (χ1) is 17.5. The van der Waals surface area contributed by atoms with Crippen LogP contribution in [0.5, 0.6) is 11.5 Å². The van der Waals surface area contributed by atoms with Crippen LogP contribution < -0.4 is 10.1 Å². The number of fused-ring (bicyclic) bond motifs is 1. The Morgan fingerprint density at radius 2 is 1.73 bits per heavy atom. The predicted molar refractivity (Wildman–Crippen MR) is 142 cm³/mol. The third kappa shape index (κ3) is 5.23. The first kappa shape index (κ1) is 26.4. The second-order valence-corrected chi connectivity index (χ2v) is 9.96. The summed E-state index contributed by atoms with van der Waals surface area (Å²) in [6, 6.07) is 15.7. The summed E-state index contributed by atoms with van der Waals surface area (Å²) < 4.78 is 37.5. The lowest BCUT2D eigenvalue weighted by Gasteiger charge is -2.13. The fraction of sp³-hybridized carbons (Fsp3) is 0.0800. The number of halogens is 2. The topological polar surface area (TPSA) is 138 Å². The minimum absolute atomic E-state index is 0.00867. The number of phenols is 1. The number of methoxy groups -OCH3 is 1. The number of ether oxygens (including phenoxy) is 1. The van der Waals surface area contributed by atoms with Gasteiger partial charge in [0.15, 0.2) is 5.75 Å². The normalized spacial score (nSPS) is 11.7. The number of rotatable bonds is 6. The van der Waals surface area contributed by atoms with Gasteiger partial charge < -0.3 is 15.2 Å². The Bertz CT molecular complexity index is 1690. The molecule has 9 nitrogen and oxygen atoms in total. The van der Waals surface area contributed by atoms with Crippen molar-refractivity contribution in [2.45, 2.75) is 11.8 Å². The van der Waals surface area contributed by atoms with Crippen molar-refractivity contribution in [3.8, 4) is 11.5 Å². The average Bonchev–Trinajstić information content (AvgIpc) is 2.86. The average molecular weight is 560 g/mol. The number of amides is 1. The van der Waals surface area contributed by atoms with E-state index in [1.165, 1.54) is 26.2 Å². The van der Waals surface area contributed by atoms with Crippen molar-refractivity contribution in [1.29, 1.82) is 0 Å². The van der Waals surface area contributed by atoms with E-state index in [0.29, 0.717) is 16.5 Å². The number of anilines is 1. The van der Waals surface area contributed by atoms with E-state index in [-0.39, 0.29) is 38.2 Å². The smallest absolute Gasteiger partial charge is 0.296 e. The zero-order valence-electron chi connectivity index (χ0n) is 19.4. The van der Waals surface area contributed by atoms with Crippen molar-refractivity contribution in [3.05, 3.63) is 81.8 Å². The highest BCUT2D eigenvalue weighted by atomic mass is 35.5. The SMILES string of the molecule is COc1cccc(NC(=O)c2cc3ccccc3c(N=Nc3ccc(S(=O)(=O)O)c(Cl)c3C)c2O)c1Cl. The number of phenolic OH excluding ortho intramolecular Hbond substituents is 1. The summed E-state index contributed by atoms with van der Waals surface area (Å²) in [6.07, 6.45) is 0. The molecule has 4 aromatic rings. The lowest BCUT2D eigenvalue weighted by molar-refractivity contribution is 0.102. The van der Waals surface area contributed by atoms with Gasteiger partial charge in [0, 0.05) is 5.39 Å². The van der Waals surface area contributed by atoms with E-state index in [1.807, 2.05) is 0 Å². The van der Waals surface area contributed by atoms with Gasteiger partial charge in [0.2, 0.25) is 0 Å². The number of benzene rings is 4. The van der Waals surface area contributed by atoms with E-state index in [9.17, 15) is 22.9 Å². The van der Waals surface area contributed by atoms with Crippen molar-refractivity contribution in [1.82, 2.24) is 0 Å². The van der Waals surface area contributed by atoms with Gasteiger partial charge in [0.1, 0.15) is 21.4 Å². The Balaban J connectivity index is 1.79. The molecule has 0 bridgehead atoms. The van der Waals surface area contributed by atoms with Gasteiger partial charge >= 0.3 is 0 Å². The van der Waals surface area contributed by atoms with Gasteiger partial charge in [-0.05, 0) is 48.2 Å². The molecule has 4 aromatic carbocycles. The van der Waals surface area contributed by atoms with Gasteiger partial charge in [0.05, 0.1) is 29.1 Å². The fourth-order valence-corrected chi connectivity index (χ4v) is 4.93. The standard InChI is InChI=1S/C25H19Cl2N3O6S/c1-13-17(10-11-20(21(13)26)37(33,34)35)29-30-23-15-7-4-3-6-14(15)12-16(24(23)31)25(32)28-18-8-5-9-19(36-2)22(18)27/h3-12,31H,1-2H3,(H,28,32)(H,33,34,35). The highest BCUT2D eigenvalue weighted by Crippen LogP contribution is 2.41. The maximum atomic E-state index is 13.1. The molecule has 0 fully saturated rings. The molecule has 37 heavy (non-hydrogen) atoms. The molecule has 190 valence electrons. The minimum atomic E-state index is -4.53. The third-order valence-corrected chi connectivity index (χ3v) is 7.41. The molecule has 0 unspecified atom stereocenters. The van der Waals surface area contributed by atoms with Crippen molar-refractivity contribution < 1.29 is 27.6 Å². The van der Waals surface area contributed by atoms with E-state index in [4.69, 9.17) is 27.9 Å². The van der Waals surface area contributed by atoms with Crippen molar-refractivity contribution in [2.24, 2.45) is 10.2 Å². The molecule has 0 radical (unpaired) electrons. The molecule has 1 amide bonds. The first-order valence-electron chi connectivity index (χ1n) is 10.6. The largest absolute Gasteiger partial charge is 0.505 e. The van der Waals surface area contributed by atoms with Gasteiger partial charge in [-0.25, -0.2) is 0 Å². The molecule has 12 heteroatoms. The van der Waals surface area contributed by atoms with Crippen LogP contribution in [0.15, 0.2) is 75.8 Å². The molecule has 4 rings (SSSR count). The van der Waals surface area contributed by atoms with Crippen molar-refractivity contribution in [2.75, 3.05) is 12.4 Å². The van der Waals surface area contributed by atoms with Crippen LogP contribution in [0.1, 0.15) is 15.9 Å². The summed E-state index contributed by atoms with van der Waals surface area (Å²) >= 11 is 12.4. The first-order valence-corrected chi connectivity index (χ1v) is 12.8. The van der Waals surface area contributed by atoms with E-state index in [0.717, 1.165) is 6.07 Å². The Morgan fingerprint density at radius 1 is 1.00 bits per heavy atom. The predicted octanol–water partition coefficient (Wildman–Crippen LogP) is 7.08. The van der Waals surface area contributed by atoms with Crippen LogP contribution in [0.4, 0.5) is 17.1 Å². The van der Waals surface area contributed by atoms with Gasteiger partial charge in [-0.2, -0.15) is 13.5 Å². The summed E-state index contributed by atoms with van der Waals surface area (Å²) in [5.41, 5.74) is 0.646. The van der Waals surface area contributed by atoms with Crippen LogP contribution in [-0.4, -0.2) is 31.1 Å². The van der Waals surface area contributed by atoms with Crippen LogP contribution in [0.25, 0.3) is 10.8 Å². The molecular formula is C25H19Cl2N3O6S. The lowest BCUT2D eigenvalue weighted by atomic mass is 10.0. The van der Waals surface area contributed by atoms with Gasteiger partial charge in [-0.1, -0.05) is 53.5 Å². The zero-order valence-corrected chi connectivity index (χ0v) is 21.7. The summed E-state index contributed by atoms with van der Waals surface area (Å²) in [5.74, 6) is -0.713. The Kier molecular flexibility index (Phi) is 7.37. The Labute approximate surface area is 222 Å². The highest BCUT2D eigenvalue weighted by molar-refractivity contribution is 7.86. The van der Waals surface area contributed by atoms with E-state index in [2.05, 4.69) is 15.5 Å². The van der Waals surface area contributed by atoms with Crippen molar-refractivity contribution >= 4 is 67.1 Å². The number of hydrogen-bond acceptors (Lipinski definition) is 7. The van der Waals surface area contributed by atoms with Crippen LogP contribution >= 0.6 is 23.2 Å². The number of nitrogens with zero attached hydrogens (tertiary/aromatic N) is 2. The monoisotopic (exact) mass is 559 g/mol. The molecule has 0 saturated heterocycles. The van der Waals surface area contributed by atoms with Crippen LogP contribution in [0, 0.1) is 6.92 Å². The molecule has 0 aliphatic heterocycles. The van der Waals surface area contributed by atoms with E-state index in [1.54, 1.807) is 42.5 Å². The fourth-order valence-electron chi connectivity index (χ4n) is 3.61. The molecule has 0 aliphatic rings. The summed E-state index contributed by atoms with van der Waals surface area (Å²) in [6.45, 7) is 1.51. The third-order valence-electron chi connectivity index (χ3n) is 5.53. The number of carbonyl (C=O) groups is 1. The maximum absolute atomic E-state index is 13.1. The van der Waals surface area contributed by atoms with Gasteiger partial charge in [-0.15, -0.1) is 5.11 Å². The Hall–Kier alpha value is -3.70.